The van der Waals surface area contributed by atoms with Crippen molar-refractivity contribution in [3.63, 3.8) is 0 Å². The Labute approximate surface area is 122 Å². The molecule has 108 valence electrons. The molecule has 0 aliphatic carbocycles. The molecule has 0 aliphatic heterocycles. The second kappa shape index (κ2) is 6.61. The highest BCUT2D eigenvalue weighted by Gasteiger charge is 2.01. The fourth-order valence-electron chi connectivity index (χ4n) is 1.78. The van der Waals surface area contributed by atoms with Crippen molar-refractivity contribution < 1.29 is 9.15 Å². The van der Waals surface area contributed by atoms with Crippen molar-refractivity contribution >= 4 is 16.7 Å². The zero-order valence-electron chi connectivity index (χ0n) is 12.0. The maximum absolute atomic E-state index is 11.2. The van der Waals surface area contributed by atoms with Crippen LogP contribution in [0.3, 0.4) is 0 Å². The Kier molecular flexibility index (Phi) is 4.61. The first kappa shape index (κ1) is 14.7. The number of hydrogen-bond acceptors (Lipinski definition) is 4. The smallest absolute Gasteiger partial charge is 0.336 e. The molecule has 4 heteroatoms. The van der Waals surface area contributed by atoms with Crippen LogP contribution in [0.1, 0.15) is 13.8 Å². The average Bonchev–Trinajstić information content (AvgIpc) is 2.51. The van der Waals surface area contributed by atoms with E-state index in [-0.39, 0.29) is 5.63 Å². The molecular weight excluding hydrogens is 266 g/mol. The summed E-state index contributed by atoms with van der Waals surface area (Å²) in [6, 6.07) is 15.5. The summed E-state index contributed by atoms with van der Waals surface area (Å²) in [5.41, 5.74) is 6.41. The third kappa shape index (κ3) is 3.63. The van der Waals surface area contributed by atoms with Gasteiger partial charge < -0.3 is 14.9 Å². The molecule has 0 atom stereocenters. The topological polar surface area (TPSA) is 65.5 Å². The van der Waals surface area contributed by atoms with Gasteiger partial charge in [0.25, 0.3) is 0 Å². The summed E-state index contributed by atoms with van der Waals surface area (Å²) in [6.45, 7) is 4.00. The van der Waals surface area contributed by atoms with Crippen LogP contribution in [0, 0.1) is 0 Å². The lowest BCUT2D eigenvalue weighted by Crippen LogP contribution is -1.94. The fourth-order valence-corrected chi connectivity index (χ4v) is 1.78. The monoisotopic (exact) mass is 283 g/mol. The summed E-state index contributed by atoms with van der Waals surface area (Å²) in [7, 11) is 0. The normalized spacial score (nSPS) is 9.81. The molecular formula is C17H17NO3. The van der Waals surface area contributed by atoms with Gasteiger partial charge in [-0.1, -0.05) is 13.8 Å². The van der Waals surface area contributed by atoms with Gasteiger partial charge in [-0.3, -0.25) is 0 Å². The molecule has 4 nitrogen and oxygen atoms in total. The highest BCUT2D eigenvalue weighted by molar-refractivity contribution is 5.77. The molecule has 3 aromatic rings. The molecule has 1 heterocycles. The standard InChI is InChI=1S/C15H11NO3.C2H6/c16-11-3-6-12(7-4-11)18-13-5-1-10-2-8-15(17)19-14(10)9-13;1-2/h1-9H,16H2;1-2H3. The van der Waals surface area contributed by atoms with E-state index in [1.54, 1.807) is 36.4 Å². The summed E-state index contributed by atoms with van der Waals surface area (Å²) in [5, 5.41) is 0.851. The maximum Gasteiger partial charge on any atom is 0.336 e. The lowest BCUT2D eigenvalue weighted by molar-refractivity contribution is 0.480. The Morgan fingerprint density at radius 3 is 2.24 bits per heavy atom. The summed E-state index contributed by atoms with van der Waals surface area (Å²) in [6.07, 6.45) is 0. The number of nitrogens with two attached hydrogens (primary N) is 1. The molecule has 1 aromatic heterocycles. The van der Waals surface area contributed by atoms with Gasteiger partial charge in [-0.2, -0.15) is 0 Å². The molecule has 0 spiro atoms. The number of hydrogen-bond donors (Lipinski definition) is 1. The van der Waals surface area contributed by atoms with Crippen LogP contribution in [0.15, 0.2) is 63.8 Å². The molecule has 0 aliphatic rings. The number of anilines is 1. The molecule has 0 saturated heterocycles. The molecule has 2 aromatic carbocycles. The molecule has 0 bridgehead atoms. The van der Waals surface area contributed by atoms with Crippen LogP contribution in [0.4, 0.5) is 5.69 Å². The minimum Gasteiger partial charge on any atom is -0.457 e. The predicted molar refractivity (Wildman–Crippen MR) is 84.8 cm³/mol. The number of benzene rings is 2. The highest BCUT2D eigenvalue weighted by Crippen LogP contribution is 2.25. The Balaban J connectivity index is 0.000000774. The largest absolute Gasteiger partial charge is 0.457 e. The molecule has 0 saturated carbocycles. The van der Waals surface area contributed by atoms with E-state index in [1.807, 2.05) is 26.0 Å². The molecule has 0 fully saturated rings. The van der Waals surface area contributed by atoms with Crippen LogP contribution < -0.4 is 16.1 Å². The van der Waals surface area contributed by atoms with Crippen LogP contribution in [-0.4, -0.2) is 0 Å². The van der Waals surface area contributed by atoms with Crippen molar-refractivity contribution in [1.82, 2.24) is 0 Å². The Bertz CT molecular complexity index is 776. The summed E-state index contributed by atoms with van der Waals surface area (Å²) in [4.78, 5) is 11.2. The lowest BCUT2D eigenvalue weighted by atomic mass is 10.2. The molecule has 2 N–H and O–H groups in total. The third-order valence-electron chi connectivity index (χ3n) is 2.71. The van der Waals surface area contributed by atoms with E-state index < -0.39 is 0 Å². The second-order valence-corrected chi connectivity index (χ2v) is 4.13. The Morgan fingerprint density at radius 1 is 0.905 bits per heavy atom. The van der Waals surface area contributed by atoms with Crippen molar-refractivity contribution in [2.24, 2.45) is 0 Å². The van der Waals surface area contributed by atoms with Gasteiger partial charge in [0, 0.05) is 23.2 Å². The van der Waals surface area contributed by atoms with Gasteiger partial charge in [0.05, 0.1) is 0 Å². The summed E-state index contributed by atoms with van der Waals surface area (Å²) >= 11 is 0. The van der Waals surface area contributed by atoms with Gasteiger partial charge in [0.1, 0.15) is 17.1 Å². The van der Waals surface area contributed by atoms with Crippen LogP contribution in [0.2, 0.25) is 0 Å². The first-order valence-corrected chi connectivity index (χ1v) is 6.78. The predicted octanol–water partition coefficient (Wildman–Crippen LogP) is 4.19. The van der Waals surface area contributed by atoms with E-state index in [4.69, 9.17) is 14.9 Å². The zero-order valence-corrected chi connectivity index (χ0v) is 12.0. The summed E-state index contributed by atoms with van der Waals surface area (Å²) in [5.74, 6) is 1.28. The minimum absolute atomic E-state index is 0.378. The van der Waals surface area contributed by atoms with E-state index in [2.05, 4.69) is 0 Å². The first-order valence-electron chi connectivity index (χ1n) is 6.78. The van der Waals surface area contributed by atoms with Crippen LogP contribution >= 0.6 is 0 Å². The fraction of sp³-hybridized carbons (Fsp3) is 0.118. The van der Waals surface area contributed by atoms with Gasteiger partial charge >= 0.3 is 5.63 Å². The van der Waals surface area contributed by atoms with Gasteiger partial charge in [0.2, 0.25) is 0 Å². The van der Waals surface area contributed by atoms with Crippen LogP contribution in [-0.2, 0) is 0 Å². The maximum atomic E-state index is 11.2. The molecule has 0 unspecified atom stereocenters. The van der Waals surface area contributed by atoms with Crippen molar-refractivity contribution in [3.05, 3.63) is 65.0 Å². The van der Waals surface area contributed by atoms with Gasteiger partial charge in [-0.25, -0.2) is 4.79 Å². The van der Waals surface area contributed by atoms with E-state index >= 15 is 0 Å². The van der Waals surface area contributed by atoms with Gasteiger partial charge in [0.15, 0.2) is 0 Å². The van der Waals surface area contributed by atoms with Crippen LogP contribution in [0.5, 0.6) is 11.5 Å². The van der Waals surface area contributed by atoms with Crippen molar-refractivity contribution in [2.45, 2.75) is 13.8 Å². The average molecular weight is 283 g/mol. The molecule has 0 radical (unpaired) electrons. The van der Waals surface area contributed by atoms with E-state index in [1.165, 1.54) is 6.07 Å². The van der Waals surface area contributed by atoms with Crippen LogP contribution in [0.25, 0.3) is 11.0 Å². The lowest BCUT2D eigenvalue weighted by Gasteiger charge is -2.06. The Morgan fingerprint density at radius 2 is 1.52 bits per heavy atom. The SMILES string of the molecule is CC.Nc1ccc(Oc2ccc3ccc(=O)oc3c2)cc1. The van der Waals surface area contributed by atoms with Crippen molar-refractivity contribution in [3.8, 4) is 11.5 Å². The Hall–Kier alpha value is -2.75. The van der Waals surface area contributed by atoms with Crippen molar-refractivity contribution in [2.75, 3.05) is 5.73 Å². The molecule has 0 amide bonds. The van der Waals surface area contributed by atoms with Gasteiger partial charge in [-0.15, -0.1) is 0 Å². The van der Waals surface area contributed by atoms with Crippen molar-refractivity contribution in [1.29, 1.82) is 0 Å². The zero-order chi connectivity index (χ0) is 15.2. The number of ether oxygens (including phenoxy) is 1. The first-order chi connectivity index (χ1) is 10.2. The van der Waals surface area contributed by atoms with Gasteiger partial charge in [-0.05, 0) is 42.5 Å². The molecule has 21 heavy (non-hydrogen) atoms. The van der Waals surface area contributed by atoms with E-state index in [9.17, 15) is 4.79 Å². The highest BCUT2D eigenvalue weighted by atomic mass is 16.5. The minimum atomic E-state index is -0.378. The third-order valence-corrected chi connectivity index (χ3v) is 2.71. The number of fused-ring (bicyclic) bond motifs is 1. The summed E-state index contributed by atoms with van der Waals surface area (Å²) < 4.78 is 10.8. The van der Waals surface area contributed by atoms with E-state index in [0.717, 1.165) is 5.39 Å². The molecule has 3 rings (SSSR count). The second-order valence-electron chi connectivity index (χ2n) is 4.13. The number of rotatable bonds is 2. The number of nitrogen functional groups attached to an aromatic ring is 1. The van der Waals surface area contributed by atoms with E-state index in [0.29, 0.717) is 22.8 Å². The quantitative estimate of drug-likeness (QED) is 0.565.